The van der Waals surface area contributed by atoms with Crippen molar-refractivity contribution in [3.63, 3.8) is 0 Å². The smallest absolute Gasteiger partial charge is 0.130 e. The van der Waals surface area contributed by atoms with Crippen molar-refractivity contribution in [3.8, 4) is 11.5 Å². The molecule has 19 heavy (non-hydrogen) atoms. The van der Waals surface area contributed by atoms with Crippen LogP contribution in [0.15, 0.2) is 60.7 Å². The molecule has 3 nitrogen and oxygen atoms in total. The maximum Gasteiger partial charge on any atom is 0.130 e. The molecule has 0 radical (unpaired) electrons. The van der Waals surface area contributed by atoms with Crippen LogP contribution in [0.1, 0.15) is 5.69 Å². The van der Waals surface area contributed by atoms with Crippen molar-refractivity contribution in [2.24, 2.45) is 0 Å². The molecule has 3 aromatic rings. The highest BCUT2D eigenvalue weighted by Crippen LogP contribution is 2.17. The van der Waals surface area contributed by atoms with E-state index in [9.17, 15) is 5.11 Å². The maximum absolute atomic E-state index is 11.2. The Morgan fingerprint density at radius 2 is 1.84 bits per heavy atom. The summed E-state index contributed by atoms with van der Waals surface area (Å²) in [5.74, 6) is 0.520. The quantitative estimate of drug-likeness (QED) is 0.718. The van der Waals surface area contributed by atoms with E-state index in [0.29, 0.717) is 12.4 Å². The topological polar surface area (TPSA) is 45.2 Å². The standard InChI is InChI=1S/C16H13NO2/c18-14-5-3-6-15(10-14)19-11-13-9-8-12-4-1-2-7-16(12)17-13/h1-10,18H,11H2/p-1. The molecule has 0 bridgehead atoms. The van der Waals surface area contributed by atoms with Gasteiger partial charge in [0, 0.05) is 5.39 Å². The SMILES string of the molecule is [O-]c1cccc(OCc2ccc3ccccc3n2)c1. The highest BCUT2D eigenvalue weighted by atomic mass is 16.5. The summed E-state index contributed by atoms with van der Waals surface area (Å²) in [5.41, 5.74) is 1.79. The summed E-state index contributed by atoms with van der Waals surface area (Å²) in [6, 6.07) is 18.3. The number of hydrogen-bond acceptors (Lipinski definition) is 3. The van der Waals surface area contributed by atoms with Gasteiger partial charge >= 0.3 is 0 Å². The first-order valence-corrected chi connectivity index (χ1v) is 6.06. The molecule has 2 aromatic carbocycles. The lowest BCUT2D eigenvalue weighted by molar-refractivity contribution is -0.268. The largest absolute Gasteiger partial charge is 0.872 e. The Morgan fingerprint density at radius 1 is 0.947 bits per heavy atom. The van der Waals surface area contributed by atoms with E-state index in [1.54, 1.807) is 12.1 Å². The van der Waals surface area contributed by atoms with Crippen molar-refractivity contribution in [1.29, 1.82) is 0 Å². The van der Waals surface area contributed by atoms with Gasteiger partial charge in [-0.2, -0.15) is 0 Å². The second-order valence-corrected chi connectivity index (χ2v) is 4.26. The Morgan fingerprint density at radius 3 is 2.74 bits per heavy atom. The first-order valence-electron chi connectivity index (χ1n) is 6.06. The van der Waals surface area contributed by atoms with Gasteiger partial charge < -0.3 is 9.84 Å². The highest BCUT2D eigenvalue weighted by molar-refractivity contribution is 5.78. The van der Waals surface area contributed by atoms with Gasteiger partial charge in [-0.25, -0.2) is 4.98 Å². The fraction of sp³-hybridized carbons (Fsp3) is 0.0625. The lowest BCUT2D eigenvalue weighted by Crippen LogP contribution is -1.99. The number of aromatic nitrogens is 1. The molecule has 0 amide bonds. The van der Waals surface area contributed by atoms with Crippen LogP contribution in [-0.2, 0) is 6.61 Å². The van der Waals surface area contributed by atoms with Gasteiger partial charge in [0.25, 0.3) is 0 Å². The summed E-state index contributed by atoms with van der Waals surface area (Å²) in [6.45, 7) is 0.355. The number of ether oxygens (including phenoxy) is 1. The van der Waals surface area contributed by atoms with Crippen molar-refractivity contribution < 1.29 is 9.84 Å². The molecule has 0 unspecified atom stereocenters. The molecular formula is C16H12NO2-. The van der Waals surface area contributed by atoms with Crippen LogP contribution in [0.25, 0.3) is 10.9 Å². The molecule has 94 valence electrons. The Labute approximate surface area is 111 Å². The van der Waals surface area contributed by atoms with E-state index in [-0.39, 0.29) is 5.75 Å². The molecule has 0 saturated carbocycles. The molecule has 1 aromatic heterocycles. The number of para-hydroxylation sites is 1. The first kappa shape index (κ1) is 11.5. The zero-order valence-corrected chi connectivity index (χ0v) is 10.2. The van der Waals surface area contributed by atoms with Crippen molar-refractivity contribution in [2.45, 2.75) is 6.61 Å². The van der Waals surface area contributed by atoms with Gasteiger partial charge in [-0.15, -0.1) is 5.75 Å². The average molecular weight is 250 g/mol. The van der Waals surface area contributed by atoms with Crippen LogP contribution >= 0.6 is 0 Å². The average Bonchev–Trinajstić information content (AvgIpc) is 2.45. The van der Waals surface area contributed by atoms with E-state index in [0.717, 1.165) is 16.6 Å². The highest BCUT2D eigenvalue weighted by Gasteiger charge is 1.99. The van der Waals surface area contributed by atoms with Crippen molar-refractivity contribution in [2.75, 3.05) is 0 Å². The molecule has 0 aliphatic rings. The van der Waals surface area contributed by atoms with Crippen LogP contribution < -0.4 is 9.84 Å². The van der Waals surface area contributed by atoms with Crippen LogP contribution in [0, 0.1) is 0 Å². The fourth-order valence-electron chi connectivity index (χ4n) is 1.91. The van der Waals surface area contributed by atoms with Gasteiger partial charge in [-0.05, 0) is 24.3 Å². The van der Waals surface area contributed by atoms with Crippen LogP contribution in [0.3, 0.4) is 0 Å². The van der Waals surface area contributed by atoms with E-state index >= 15 is 0 Å². The first-order chi connectivity index (χ1) is 9.31. The van der Waals surface area contributed by atoms with Gasteiger partial charge in [0.2, 0.25) is 0 Å². The number of benzene rings is 2. The van der Waals surface area contributed by atoms with E-state index in [1.165, 1.54) is 12.1 Å². The minimum absolute atomic E-state index is 0.0519. The van der Waals surface area contributed by atoms with Crippen LogP contribution in [0.4, 0.5) is 0 Å². The minimum Gasteiger partial charge on any atom is -0.872 e. The van der Waals surface area contributed by atoms with Crippen LogP contribution in [0.5, 0.6) is 11.5 Å². The predicted octanol–water partition coefficient (Wildman–Crippen LogP) is 2.89. The molecule has 1 heterocycles. The Hall–Kier alpha value is -2.55. The normalized spacial score (nSPS) is 10.5. The zero-order valence-electron chi connectivity index (χ0n) is 10.2. The van der Waals surface area contributed by atoms with Crippen LogP contribution in [0.2, 0.25) is 0 Å². The Bertz CT molecular complexity index is 710. The molecule has 0 atom stereocenters. The lowest BCUT2D eigenvalue weighted by Gasteiger charge is -2.10. The zero-order chi connectivity index (χ0) is 13.1. The number of fused-ring (bicyclic) bond motifs is 1. The van der Waals surface area contributed by atoms with Crippen molar-refractivity contribution >= 4 is 10.9 Å². The van der Waals surface area contributed by atoms with E-state index in [4.69, 9.17) is 4.74 Å². The van der Waals surface area contributed by atoms with Crippen molar-refractivity contribution in [1.82, 2.24) is 4.98 Å². The van der Waals surface area contributed by atoms with E-state index < -0.39 is 0 Å². The van der Waals surface area contributed by atoms with Gasteiger partial charge in [-0.3, -0.25) is 0 Å². The summed E-state index contributed by atoms with van der Waals surface area (Å²) in [5, 5.41) is 12.3. The summed E-state index contributed by atoms with van der Waals surface area (Å²) >= 11 is 0. The molecule has 0 saturated heterocycles. The molecule has 0 fully saturated rings. The van der Waals surface area contributed by atoms with Gasteiger partial charge in [0.05, 0.1) is 11.2 Å². The summed E-state index contributed by atoms with van der Waals surface area (Å²) in [4.78, 5) is 4.51. The summed E-state index contributed by atoms with van der Waals surface area (Å²) in [7, 11) is 0. The Balaban J connectivity index is 1.78. The summed E-state index contributed by atoms with van der Waals surface area (Å²) in [6.07, 6.45) is 0. The third kappa shape index (κ3) is 2.65. The monoisotopic (exact) mass is 250 g/mol. The van der Waals surface area contributed by atoms with Crippen LogP contribution in [-0.4, -0.2) is 4.98 Å². The van der Waals surface area contributed by atoms with Gasteiger partial charge in [-0.1, -0.05) is 36.4 Å². The molecule has 3 heteroatoms. The third-order valence-electron chi connectivity index (χ3n) is 2.85. The maximum atomic E-state index is 11.2. The molecule has 3 rings (SSSR count). The fourth-order valence-corrected chi connectivity index (χ4v) is 1.91. The number of hydrogen-bond donors (Lipinski definition) is 0. The molecule has 0 aliphatic heterocycles. The number of rotatable bonds is 3. The number of pyridine rings is 1. The van der Waals surface area contributed by atoms with Crippen molar-refractivity contribution in [3.05, 3.63) is 66.4 Å². The van der Waals surface area contributed by atoms with Gasteiger partial charge in [0.1, 0.15) is 12.4 Å². The predicted molar refractivity (Wildman–Crippen MR) is 72.0 cm³/mol. The van der Waals surface area contributed by atoms with E-state index in [2.05, 4.69) is 4.98 Å². The summed E-state index contributed by atoms with van der Waals surface area (Å²) < 4.78 is 5.56. The second kappa shape index (κ2) is 4.98. The lowest BCUT2D eigenvalue weighted by atomic mass is 10.2. The molecule has 0 spiro atoms. The Kier molecular flexibility index (Phi) is 3.02. The van der Waals surface area contributed by atoms with Gasteiger partial charge in [0.15, 0.2) is 0 Å². The third-order valence-corrected chi connectivity index (χ3v) is 2.85. The second-order valence-electron chi connectivity index (χ2n) is 4.26. The molecular weight excluding hydrogens is 238 g/mol. The minimum atomic E-state index is -0.0519. The number of nitrogens with zero attached hydrogens (tertiary/aromatic N) is 1. The molecule has 0 aliphatic carbocycles. The van der Waals surface area contributed by atoms with E-state index in [1.807, 2.05) is 36.4 Å². The molecule has 0 N–H and O–H groups in total.